The Kier molecular flexibility index (Phi) is 9.16. The molecule has 0 rings (SSSR count). The molecule has 0 aliphatic carbocycles. The van der Waals surface area contributed by atoms with E-state index < -0.39 is 30.1 Å². The van der Waals surface area contributed by atoms with E-state index in [0.717, 1.165) is 6.42 Å². The maximum Gasteiger partial charge on any atom is 0.328 e. The Hall–Kier alpha value is -1.79. The van der Waals surface area contributed by atoms with Crippen LogP contribution in [0.5, 0.6) is 0 Å². The first-order chi connectivity index (χ1) is 9.79. The van der Waals surface area contributed by atoms with Crippen LogP contribution >= 0.6 is 0 Å². The Labute approximate surface area is 125 Å². The van der Waals surface area contributed by atoms with Gasteiger partial charge in [-0.05, 0) is 18.8 Å². The number of carboxylic acids is 1. The highest BCUT2D eigenvalue weighted by molar-refractivity contribution is 5.83. The van der Waals surface area contributed by atoms with Crippen molar-refractivity contribution in [2.45, 2.75) is 58.5 Å². The molecule has 122 valence electrons. The smallest absolute Gasteiger partial charge is 0.328 e. The number of methoxy groups -OCH3 is 1. The van der Waals surface area contributed by atoms with Crippen molar-refractivity contribution in [3.05, 3.63) is 0 Å². The Morgan fingerprint density at radius 3 is 2.24 bits per heavy atom. The number of esters is 1. The highest BCUT2D eigenvalue weighted by atomic mass is 16.5. The van der Waals surface area contributed by atoms with E-state index in [1.165, 1.54) is 7.11 Å². The fourth-order valence-corrected chi connectivity index (χ4v) is 2.00. The van der Waals surface area contributed by atoms with Crippen LogP contribution in [0.25, 0.3) is 0 Å². The van der Waals surface area contributed by atoms with Crippen molar-refractivity contribution in [3.63, 3.8) is 0 Å². The van der Waals surface area contributed by atoms with Gasteiger partial charge >= 0.3 is 18.0 Å². The number of aliphatic carboxylic acids is 1. The molecular weight excluding hydrogens is 276 g/mol. The van der Waals surface area contributed by atoms with Crippen LogP contribution in [-0.4, -0.2) is 42.3 Å². The summed E-state index contributed by atoms with van der Waals surface area (Å²) >= 11 is 0. The van der Waals surface area contributed by atoms with E-state index in [0.29, 0.717) is 12.8 Å². The number of hydrogen-bond acceptors (Lipinski definition) is 4. The third-order valence-electron chi connectivity index (χ3n) is 2.89. The molecule has 0 heterocycles. The number of carbonyl (C=O) groups excluding carboxylic acids is 2. The summed E-state index contributed by atoms with van der Waals surface area (Å²) in [6.07, 6.45) is 1.63. The van der Waals surface area contributed by atoms with Crippen molar-refractivity contribution < 1.29 is 24.2 Å². The van der Waals surface area contributed by atoms with Gasteiger partial charge in [0.15, 0.2) is 0 Å². The number of urea groups is 1. The quantitative estimate of drug-likeness (QED) is 0.560. The van der Waals surface area contributed by atoms with Gasteiger partial charge in [-0.25, -0.2) is 9.59 Å². The molecule has 0 aromatic carbocycles. The van der Waals surface area contributed by atoms with E-state index in [1.807, 2.05) is 20.8 Å². The van der Waals surface area contributed by atoms with Crippen LogP contribution < -0.4 is 10.6 Å². The molecule has 0 fully saturated rings. The molecule has 2 atom stereocenters. The van der Waals surface area contributed by atoms with Gasteiger partial charge in [0.2, 0.25) is 0 Å². The van der Waals surface area contributed by atoms with Gasteiger partial charge in [0.05, 0.1) is 13.5 Å². The average molecular weight is 302 g/mol. The van der Waals surface area contributed by atoms with Crippen LogP contribution in [0.4, 0.5) is 4.79 Å². The standard InChI is InChI=1S/C14H26N2O5/c1-5-6-10(8-12(17)18)15-14(20)16-11(7-9(2)3)13(19)21-4/h9-11H,5-8H2,1-4H3,(H,17,18)(H2,15,16,20). The Bertz CT molecular complexity index is 357. The van der Waals surface area contributed by atoms with Gasteiger partial charge in [-0.15, -0.1) is 0 Å². The topological polar surface area (TPSA) is 105 Å². The van der Waals surface area contributed by atoms with E-state index >= 15 is 0 Å². The maximum absolute atomic E-state index is 11.9. The average Bonchev–Trinajstić information content (AvgIpc) is 2.35. The summed E-state index contributed by atoms with van der Waals surface area (Å²) in [5.74, 6) is -1.27. The Morgan fingerprint density at radius 1 is 1.19 bits per heavy atom. The summed E-state index contributed by atoms with van der Waals surface area (Å²) in [6, 6.07) is -1.74. The van der Waals surface area contributed by atoms with Crippen molar-refractivity contribution in [1.29, 1.82) is 0 Å². The molecule has 0 saturated heterocycles. The first-order valence-corrected chi connectivity index (χ1v) is 7.16. The molecule has 0 radical (unpaired) electrons. The van der Waals surface area contributed by atoms with Gasteiger partial charge in [-0.1, -0.05) is 27.2 Å². The van der Waals surface area contributed by atoms with Gasteiger partial charge in [0, 0.05) is 6.04 Å². The second-order valence-electron chi connectivity index (χ2n) is 5.41. The summed E-state index contributed by atoms with van der Waals surface area (Å²) < 4.78 is 4.66. The zero-order chi connectivity index (χ0) is 16.4. The maximum atomic E-state index is 11.9. The monoisotopic (exact) mass is 302 g/mol. The largest absolute Gasteiger partial charge is 0.481 e. The molecule has 0 saturated carbocycles. The highest BCUT2D eigenvalue weighted by Gasteiger charge is 2.24. The van der Waals surface area contributed by atoms with Gasteiger partial charge in [-0.2, -0.15) is 0 Å². The normalized spacial score (nSPS) is 13.4. The molecule has 7 heteroatoms. The van der Waals surface area contributed by atoms with Crippen molar-refractivity contribution in [1.82, 2.24) is 10.6 Å². The molecular formula is C14H26N2O5. The Morgan fingerprint density at radius 2 is 1.81 bits per heavy atom. The molecule has 2 unspecified atom stereocenters. The zero-order valence-electron chi connectivity index (χ0n) is 13.1. The number of nitrogens with one attached hydrogen (secondary N) is 2. The number of ether oxygens (including phenoxy) is 1. The minimum atomic E-state index is -0.972. The second kappa shape index (κ2) is 10.0. The van der Waals surface area contributed by atoms with Crippen molar-refractivity contribution >= 4 is 18.0 Å². The zero-order valence-corrected chi connectivity index (χ0v) is 13.1. The fraction of sp³-hybridized carbons (Fsp3) is 0.786. The summed E-state index contributed by atoms with van der Waals surface area (Å²) in [4.78, 5) is 34.3. The number of rotatable bonds is 9. The lowest BCUT2D eigenvalue weighted by Crippen LogP contribution is -2.50. The number of carbonyl (C=O) groups is 3. The third-order valence-corrected chi connectivity index (χ3v) is 2.89. The lowest BCUT2D eigenvalue weighted by molar-refractivity contribution is -0.143. The summed E-state index contributed by atoms with van der Waals surface area (Å²) in [6.45, 7) is 5.77. The van der Waals surface area contributed by atoms with Gasteiger partial charge in [-0.3, -0.25) is 4.79 Å². The summed E-state index contributed by atoms with van der Waals surface area (Å²) in [7, 11) is 1.26. The second-order valence-corrected chi connectivity index (χ2v) is 5.41. The fourth-order valence-electron chi connectivity index (χ4n) is 2.00. The van der Waals surface area contributed by atoms with Crippen LogP contribution in [0.1, 0.15) is 46.5 Å². The van der Waals surface area contributed by atoms with Crippen LogP contribution in [0.2, 0.25) is 0 Å². The summed E-state index contributed by atoms with van der Waals surface area (Å²) in [5.41, 5.74) is 0. The van der Waals surface area contributed by atoms with Gasteiger partial charge in [0.1, 0.15) is 6.04 Å². The lowest BCUT2D eigenvalue weighted by atomic mass is 10.0. The van der Waals surface area contributed by atoms with Crippen LogP contribution in [0, 0.1) is 5.92 Å². The molecule has 0 aliphatic rings. The first-order valence-electron chi connectivity index (χ1n) is 7.16. The van der Waals surface area contributed by atoms with E-state index in [4.69, 9.17) is 5.11 Å². The van der Waals surface area contributed by atoms with E-state index in [1.54, 1.807) is 0 Å². The molecule has 21 heavy (non-hydrogen) atoms. The number of hydrogen-bond donors (Lipinski definition) is 3. The van der Waals surface area contributed by atoms with Gasteiger partial charge in [0.25, 0.3) is 0 Å². The third kappa shape index (κ3) is 8.88. The van der Waals surface area contributed by atoms with E-state index in [2.05, 4.69) is 15.4 Å². The van der Waals surface area contributed by atoms with Crippen LogP contribution in [-0.2, 0) is 14.3 Å². The molecule has 0 aromatic rings. The molecule has 0 aliphatic heterocycles. The number of carboxylic acid groups (broad SMARTS) is 1. The molecule has 0 aromatic heterocycles. The van der Waals surface area contributed by atoms with E-state index in [-0.39, 0.29) is 12.3 Å². The van der Waals surface area contributed by atoms with Crippen LogP contribution in [0.15, 0.2) is 0 Å². The van der Waals surface area contributed by atoms with Crippen molar-refractivity contribution in [3.8, 4) is 0 Å². The lowest BCUT2D eigenvalue weighted by Gasteiger charge is -2.21. The van der Waals surface area contributed by atoms with E-state index in [9.17, 15) is 14.4 Å². The van der Waals surface area contributed by atoms with Crippen molar-refractivity contribution in [2.75, 3.05) is 7.11 Å². The minimum Gasteiger partial charge on any atom is -0.481 e. The number of amides is 2. The van der Waals surface area contributed by atoms with Gasteiger partial charge < -0.3 is 20.5 Å². The minimum absolute atomic E-state index is 0.145. The SMILES string of the molecule is CCCC(CC(=O)O)NC(=O)NC(CC(C)C)C(=O)OC. The predicted octanol–water partition coefficient (Wildman–Crippen LogP) is 1.52. The Balaban J connectivity index is 4.58. The van der Waals surface area contributed by atoms with Crippen LogP contribution in [0.3, 0.4) is 0 Å². The highest BCUT2D eigenvalue weighted by Crippen LogP contribution is 2.07. The molecule has 7 nitrogen and oxygen atoms in total. The van der Waals surface area contributed by atoms with Crippen molar-refractivity contribution in [2.24, 2.45) is 5.92 Å². The predicted molar refractivity (Wildman–Crippen MR) is 77.9 cm³/mol. The molecule has 0 spiro atoms. The summed E-state index contributed by atoms with van der Waals surface area (Å²) in [5, 5.41) is 13.9. The first kappa shape index (κ1) is 19.2. The molecule has 3 N–H and O–H groups in total. The molecule has 2 amide bonds. The molecule has 0 bridgehead atoms.